The van der Waals surface area contributed by atoms with Gasteiger partial charge in [-0.1, -0.05) is 41.4 Å². The van der Waals surface area contributed by atoms with Gasteiger partial charge in [-0.05, 0) is 43.2 Å². The Morgan fingerprint density at radius 3 is 2.52 bits per heavy atom. The number of para-hydroxylation sites is 1. The van der Waals surface area contributed by atoms with Gasteiger partial charge in [-0.15, -0.1) is 0 Å². The van der Waals surface area contributed by atoms with E-state index in [1.54, 1.807) is 12.1 Å². The summed E-state index contributed by atoms with van der Waals surface area (Å²) in [7, 11) is -3.52. The molecule has 2 rings (SSSR count). The number of aryl methyl sites for hydroxylation is 1. The molecule has 0 fully saturated rings. The first kappa shape index (κ1) is 23.3. The molecule has 6 nitrogen and oxygen atoms in total. The summed E-state index contributed by atoms with van der Waals surface area (Å²) < 4.78 is 31.1. The minimum Gasteiger partial charge on any atom is -0.491 e. The van der Waals surface area contributed by atoms with Crippen molar-refractivity contribution < 1.29 is 17.9 Å². The topological polar surface area (TPSA) is 75.7 Å². The van der Waals surface area contributed by atoms with E-state index in [-0.39, 0.29) is 23.9 Å². The van der Waals surface area contributed by atoms with E-state index < -0.39 is 10.0 Å². The second kappa shape index (κ2) is 10.7. The Balaban J connectivity index is 1.79. The number of sulfonamides is 1. The number of anilines is 1. The van der Waals surface area contributed by atoms with Gasteiger partial charge in [0.05, 0.1) is 28.5 Å². The number of rotatable bonds is 10. The van der Waals surface area contributed by atoms with Crippen LogP contribution in [0.15, 0.2) is 42.5 Å². The van der Waals surface area contributed by atoms with Gasteiger partial charge in [0.15, 0.2) is 0 Å². The molecule has 29 heavy (non-hydrogen) atoms. The summed E-state index contributed by atoms with van der Waals surface area (Å²) in [6.45, 7) is 2.84. The maximum Gasteiger partial charge on any atom is 0.232 e. The van der Waals surface area contributed by atoms with Gasteiger partial charge in [0, 0.05) is 13.0 Å². The van der Waals surface area contributed by atoms with Gasteiger partial charge < -0.3 is 10.1 Å². The van der Waals surface area contributed by atoms with Crippen molar-refractivity contribution >= 4 is 44.8 Å². The van der Waals surface area contributed by atoms with Crippen molar-refractivity contribution in [1.29, 1.82) is 0 Å². The lowest BCUT2D eigenvalue weighted by Crippen LogP contribution is -2.33. The summed E-state index contributed by atoms with van der Waals surface area (Å²) in [6.07, 6.45) is 1.66. The molecule has 0 atom stereocenters. The fraction of sp³-hybridized carbons (Fsp3) is 0.350. The Kier molecular flexibility index (Phi) is 8.61. The van der Waals surface area contributed by atoms with Crippen molar-refractivity contribution in [1.82, 2.24) is 5.32 Å². The van der Waals surface area contributed by atoms with Gasteiger partial charge in [-0.2, -0.15) is 0 Å². The summed E-state index contributed by atoms with van der Waals surface area (Å²) in [5, 5.41) is 3.38. The fourth-order valence-corrected chi connectivity index (χ4v) is 3.92. The SMILES string of the molecule is Cc1ccccc1OCCNC(=O)CCCN(c1ccc(Cl)c(Cl)c1)S(C)(=O)=O. The summed E-state index contributed by atoms with van der Waals surface area (Å²) in [5.41, 5.74) is 1.44. The highest BCUT2D eigenvalue weighted by Gasteiger charge is 2.18. The van der Waals surface area contributed by atoms with Crippen LogP contribution in [0.5, 0.6) is 5.75 Å². The zero-order chi connectivity index (χ0) is 21.4. The number of amides is 1. The van der Waals surface area contributed by atoms with Crippen molar-refractivity contribution in [3.63, 3.8) is 0 Å². The Morgan fingerprint density at radius 2 is 1.86 bits per heavy atom. The Labute approximate surface area is 181 Å². The molecule has 0 saturated carbocycles. The predicted molar refractivity (Wildman–Crippen MR) is 118 cm³/mol. The molecule has 0 spiro atoms. The number of ether oxygens (including phenoxy) is 1. The molecule has 0 radical (unpaired) electrons. The summed E-state index contributed by atoms with van der Waals surface area (Å²) in [6, 6.07) is 12.3. The third-order valence-corrected chi connectivity index (χ3v) is 6.07. The molecule has 0 aliphatic rings. The molecule has 2 aromatic carbocycles. The highest BCUT2D eigenvalue weighted by Crippen LogP contribution is 2.28. The van der Waals surface area contributed by atoms with E-state index in [1.807, 2.05) is 31.2 Å². The van der Waals surface area contributed by atoms with Crippen LogP contribution in [0, 0.1) is 6.92 Å². The summed E-state index contributed by atoms with van der Waals surface area (Å²) in [5.74, 6) is 0.619. The van der Waals surface area contributed by atoms with Gasteiger partial charge in [0.2, 0.25) is 15.9 Å². The van der Waals surface area contributed by atoms with Crippen LogP contribution in [-0.4, -0.2) is 40.3 Å². The van der Waals surface area contributed by atoms with Crippen LogP contribution >= 0.6 is 23.2 Å². The number of hydrogen-bond donors (Lipinski definition) is 1. The standard InChI is InChI=1S/C20H24Cl2N2O4S/c1-15-6-3-4-7-19(15)28-13-11-23-20(25)8-5-12-24(29(2,26)27)16-9-10-17(21)18(22)14-16/h3-4,6-7,9-10,14H,5,8,11-13H2,1-2H3,(H,23,25). The predicted octanol–water partition coefficient (Wildman–Crippen LogP) is 4.04. The lowest BCUT2D eigenvalue weighted by Gasteiger charge is -2.22. The van der Waals surface area contributed by atoms with Crippen molar-refractivity contribution in [2.45, 2.75) is 19.8 Å². The van der Waals surface area contributed by atoms with Gasteiger partial charge in [-0.25, -0.2) is 8.42 Å². The average Bonchev–Trinajstić information content (AvgIpc) is 2.65. The zero-order valence-corrected chi connectivity index (χ0v) is 18.6. The first-order chi connectivity index (χ1) is 13.7. The van der Waals surface area contributed by atoms with Gasteiger partial charge in [0.1, 0.15) is 12.4 Å². The molecule has 1 N–H and O–H groups in total. The zero-order valence-electron chi connectivity index (χ0n) is 16.3. The van der Waals surface area contributed by atoms with E-state index in [9.17, 15) is 13.2 Å². The third kappa shape index (κ3) is 7.42. The van der Waals surface area contributed by atoms with E-state index in [2.05, 4.69) is 5.32 Å². The highest BCUT2D eigenvalue weighted by molar-refractivity contribution is 7.92. The molecule has 0 unspecified atom stereocenters. The molecule has 158 valence electrons. The second-order valence-electron chi connectivity index (χ2n) is 6.50. The minimum absolute atomic E-state index is 0.157. The third-order valence-electron chi connectivity index (χ3n) is 4.13. The Morgan fingerprint density at radius 1 is 1.14 bits per heavy atom. The molecular formula is C20H24Cl2N2O4S. The molecule has 0 aromatic heterocycles. The monoisotopic (exact) mass is 458 g/mol. The number of halogens is 2. The lowest BCUT2D eigenvalue weighted by molar-refractivity contribution is -0.121. The van der Waals surface area contributed by atoms with Crippen LogP contribution in [-0.2, 0) is 14.8 Å². The molecule has 0 aliphatic carbocycles. The van der Waals surface area contributed by atoms with Crippen LogP contribution < -0.4 is 14.4 Å². The van der Waals surface area contributed by atoms with Gasteiger partial charge in [0.25, 0.3) is 0 Å². The largest absolute Gasteiger partial charge is 0.491 e. The normalized spacial score (nSPS) is 11.2. The van der Waals surface area contributed by atoms with Crippen LogP contribution in [0.2, 0.25) is 10.0 Å². The minimum atomic E-state index is -3.52. The van der Waals surface area contributed by atoms with Gasteiger partial charge in [-0.3, -0.25) is 9.10 Å². The maximum absolute atomic E-state index is 12.1. The Bertz CT molecular complexity index is 951. The van der Waals surface area contributed by atoms with Gasteiger partial charge >= 0.3 is 0 Å². The quantitative estimate of drug-likeness (QED) is 0.544. The highest BCUT2D eigenvalue weighted by atomic mass is 35.5. The number of nitrogens with zero attached hydrogens (tertiary/aromatic N) is 1. The van der Waals surface area contributed by atoms with Crippen LogP contribution in [0.1, 0.15) is 18.4 Å². The van der Waals surface area contributed by atoms with Crippen LogP contribution in [0.3, 0.4) is 0 Å². The fourth-order valence-electron chi connectivity index (χ4n) is 2.67. The summed E-state index contributed by atoms with van der Waals surface area (Å²) >= 11 is 11.9. The number of carbonyl (C=O) groups excluding carboxylic acids is 1. The molecule has 0 bridgehead atoms. The first-order valence-corrected chi connectivity index (χ1v) is 11.7. The second-order valence-corrected chi connectivity index (χ2v) is 9.22. The van der Waals surface area contributed by atoms with E-state index in [1.165, 1.54) is 10.4 Å². The van der Waals surface area contributed by atoms with Crippen molar-refractivity contribution in [2.24, 2.45) is 0 Å². The Hall–Kier alpha value is -1.96. The van der Waals surface area contributed by atoms with Crippen molar-refractivity contribution in [2.75, 3.05) is 30.3 Å². The number of nitrogens with one attached hydrogen (secondary N) is 1. The molecule has 9 heteroatoms. The molecule has 0 saturated heterocycles. The summed E-state index contributed by atoms with van der Waals surface area (Å²) in [4.78, 5) is 12.0. The lowest BCUT2D eigenvalue weighted by atomic mass is 10.2. The van der Waals surface area contributed by atoms with E-state index >= 15 is 0 Å². The van der Waals surface area contributed by atoms with Crippen LogP contribution in [0.4, 0.5) is 5.69 Å². The van der Waals surface area contributed by atoms with Crippen molar-refractivity contribution in [3.8, 4) is 5.75 Å². The van der Waals surface area contributed by atoms with E-state index in [0.29, 0.717) is 30.3 Å². The number of hydrogen-bond acceptors (Lipinski definition) is 4. The number of benzene rings is 2. The maximum atomic E-state index is 12.1. The average molecular weight is 459 g/mol. The number of carbonyl (C=O) groups is 1. The van der Waals surface area contributed by atoms with E-state index in [0.717, 1.165) is 17.6 Å². The molecule has 0 aliphatic heterocycles. The smallest absolute Gasteiger partial charge is 0.232 e. The molecular weight excluding hydrogens is 435 g/mol. The van der Waals surface area contributed by atoms with E-state index in [4.69, 9.17) is 27.9 Å². The molecule has 2 aromatic rings. The van der Waals surface area contributed by atoms with Crippen molar-refractivity contribution in [3.05, 3.63) is 58.1 Å². The van der Waals surface area contributed by atoms with Crippen LogP contribution in [0.25, 0.3) is 0 Å². The molecule has 1 amide bonds. The molecule has 0 heterocycles. The first-order valence-electron chi connectivity index (χ1n) is 9.06.